The molecule has 2 atom stereocenters. The predicted molar refractivity (Wildman–Crippen MR) is 64.0 cm³/mol. The molecule has 0 radical (unpaired) electrons. The first-order valence-corrected chi connectivity index (χ1v) is 6.41. The highest BCUT2D eigenvalue weighted by molar-refractivity contribution is 7.11. The molecular weight excluding hydrogens is 222 g/mol. The number of aryl methyl sites for hydroxylation is 1. The van der Waals surface area contributed by atoms with Gasteiger partial charge in [-0.3, -0.25) is 4.79 Å². The summed E-state index contributed by atoms with van der Waals surface area (Å²) in [6.07, 6.45) is 4.54. The summed E-state index contributed by atoms with van der Waals surface area (Å²) in [5.74, 6) is 0.253. The fourth-order valence-electron chi connectivity index (χ4n) is 2.06. The van der Waals surface area contributed by atoms with Crippen molar-refractivity contribution in [3.63, 3.8) is 0 Å². The summed E-state index contributed by atoms with van der Waals surface area (Å²) in [4.78, 5) is 17.0. The average molecular weight is 239 g/mol. The second kappa shape index (κ2) is 4.93. The number of hydrogen-bond donors (Lipinski definition) is 2. The number of aromatic nitrogens is 1. The minimum absolute atomic E-state index is 0.115. The normalized spacial score (nSPS) is 24.6. The van der Waals surface area contributed by atoms with Crippen LogP contribution < -0.4 is 11.1 Å². The Morgan fingerprint density at radius 3 is 3.06 bits per heavy atom. The van der Waals surface area contributed by atoms with E-state index >= 15 is 0 Å². The Morgan fingerprint density at radius 1 is 1.69 bits per heavy atom. The Hall–Kier alpha value is -0.940. The molecule has 3 N–H and O–H groups in total. The van der Waals surface area contributed by atoms with Crippen LogP contribution in [-0.2, 0) is 11.3 Å². The second-order valence-corrected chi connectivity index (χ2v) is 5.65. The van der Waals surface area contributed by atoms with E-state index in [2.05, 4.69) is 10.3 Å². The van der Waals surface area contributed by atoms with Crippen LogP contribution in [0.1, 0.15) is 29.1 Å². The molecule has 2 rings (SSSR count). The van der Waals surface area contributed by atoms with Gasteiger partial charge in [0.15, 0.2) is 0 Å². The third-order valence-electron chi connectivity index (χ3n) is 2.95. The molecule has 4 nitrogen and oxygen atoms in total. The molecule has 0 spiro atoms. The first kappa shape index (κ1) is 11.5. The molecule has 1 aromatic rings. The highest BCUT2D eigenvalue weighted by Gasteiger charge is 2.27. The largest absolute Gasteiger partial charge is 0.351 e. The summed E-state index contributed by atoms with van der Waals surface area (Å²) in [6, 6.07) is 0.210. The van der Waals surface area contributed by atoms with Crippen molar-refractivity contribution in [2.45, 2.75) is 38.8 Å². The van der Waals surface area contributed by atoms with Gasteiger partial charge < -0.3 is 11.1 Å². The quantitative estimate of drug-likeness (QED) is 0.832. The molecule has 0 aromatic carbocycles. The van der Waals surface area contributed by atoms with E-state index in [0.717, 1.165) is 29.1 Å². The standard InChI is InChI=1S/C11H17N3OS/c1-7-13-5-10(16-7)6-14-11(15)8-2-3-9(12)4-8/h5,8-9H,2-4,6,12H2,1H3,(H,14,15). The number of nitrogens with zero attached hydrogens (tertiary/aromatic N) is 1. The van der Waals surface area contributed by atoms with Gasteiger partial charge in [0.1, 0.15) is 0 Å². The van der Waals surface area contributed by atoms with Gasteiger partial charge >= 0.3 is 0 Å². The van der Waals surface area contributed by atoms with Crippen molar-refractivity contribution in [1.82, 2.24) is 10.3 Å². The van der Waals surface area contributed by atoms with E-state index in [1.807, 2.05) is 13.1 Å². The zero-order chi connectivity index (χ0) is 11.5. The van der Waals surface area contributed by atoms with Crippen molar-refractivity contribution in [1.29, 1.82) is 0 Å². The fraction of sp³-hybridized carbons (Fsp3) is 0.636. The number of thiazole rings is 1. The van der Waals surface area contributed by atoms with Crippen LogP contribution in [0.15, 0.2) is 6.20 Å². The molecule has 1 fully saturated rings. The lowest BCUT2D eigenvalue weighted by atomic mass is 10.1. The number of nitrogens with one attached hydrogen (secondary N) is 1. The Bertz CT molecular complexity index is 377. The lowest BCUT2D eigenvalue weighted by Gasteiger charge is -2.09. The monoisotopic (exact) mass is 239 g/mol. The second-order valence-electron chi connectivity index (χ2n) is 4.33. The van der Waals surface area contributed by atoms with Gasteiger partial charge in [-0.1, -0.05) is 0 Å². The molecule has 1 aromatic heterocycles. The maximum atomic E-state index is 11.8. The third kappa shape index (κ3) is 2.80. The number of nitrogens with two attached hydrogens (primary N) is 1. The van der Waals surface area contributed by atoms with E-state index in [1.165, 1.54) is 0 Å². The van der Waals surface area contributed by atoms with Crippen molar-refractivity contribution in [2.24, 2.45) is 11.7 Å². The molecular formula is C11H17N3OS. The van der Waals surface area contributed by atoms with Gasteiger partial charge in [0.25, 0.3) is 0 Å². The van der Waals surface area contributed by atoms with Gasteiger partial charge in [-0.25, -0.2) is 4.98 Å². The molecule has 0 aliphatic heterocycles. The van der Waals surface area contributed by atoms with Crippen molar-refractivity contribution in [3.8, 4) is 0 Å². The molecule has 0 saturated heterocycles. The molecule has 1 amide bonds. The summed E-state index contributed by atoms with van der Waals surface area (Å²) in [5.41, 5.74) is 5.79. The van der Waals surface area contributed by atoms with Gasteiger partial charge in [-0.2, -0.15) is 0 Å². The number of hydrogen-bond acceptors (Lipinski definition) is 4. The van der Waals surface area contributed by atoms with Crippen molar-refractivity contribution in [2.75, 3.05) is 0 Å². The van der Waals surface area contributed by atoms with E-state index in [-0.39, 0.29) is 17.9 Å². The third-order valence-corrected chi connectivity index (χ3v) is 3.86. The zero-order valence-electron chi connectivity index (χ0n) is 9.40. The average Bonchev–Trinajstić information content (AvgIpc) is 2.84. The number of carbonyl (C=O) groups excluding carboxylic acids is 1. The minimum Gasteiger partial charge on any atom is -0.351 e. The summed E-state index contributed by atoms with van der Waals surface area (Å²) in [6.45, 7) is 2.56. The van der Waals surface area contributed by atoms with E-state index in [1.54, 1.807) is 11.3 Å². The van der Waals surface area contributed by atoms with E-state index in [9.17, 15) is 4.79 Å². The molecule has 88 valence electrons. The molecule has 1 heterocycles. The number of amides is 1. The Kier molecular flexibility index (Phi) is 3.56. The van der Waals surface area contributed by atoms with Crippen LogP contribution >= 0.6 is 11.3 Å². The summed E-state index contributed by atoms with van der Waals surface area (Å²) in [7, 11) is 0. The van der Waals surface area contributed by atoms with Crippen LogP contribution in [0.3, 0.4) is 0 Å². The smallest absolute Gasteiger partial charge is 0.223 e. The van der Waals surface area contributed by atoms with E-state index in [0.29, 0.717) is 6.54 Å². The lowest BCUT2D eigenvalue weighted by molar-refractivity contribution is -0.124. The van der Waals surface area contributed by atoms with Crippen molar-refractivity contribution < 1.29 is 4.79 Å². The predicted octanol–water partition coefficient (Wildman–Crippen LogP) is 1.20. The topological polar surface area (TPSA) is 68.0 Å². The molecule has 1 saturated carbocycles. The van der Waals surface area contributed by atoms with Gasteiger partial charge in [0.05, 0.1) is 11.6 Å². The first-order chi connectivity index (χ1) is 7.65. The van der Waals surface area contributed by atoms with Crippen LogP contribution in [0.2, 0.25) is 0 Å². The van der Waals surface area contributed by atoms with Gasteiger partial charge in [-0.05, 0) is 26.2 Å². The fourth-order valence-corrected chi connectivity index (χ4v) is 2.79. The van der Waals surface area contributed by atoms with Crippen LogP contribution in [-0.4, -0.2) is 16.9 Å². The van der Waals surface area contributed by atoms with Crippen molar-refractivity contribution >= 4 is 17.2 Å². The number of rotatable bonds is 3. The minimum atomic E-state index is 0.115. The molecule has 16 heavy (non-hydrogen) atoms. The van der Waals surface area contributed by atoms with Gasteiger partial charge in [-0.15, -0.1) is 11.3 Å². The zero-order valence-corrected chi connectivity index (χ0v) is 10.2. The summed E-state index contributed by atoms with van der Waals surface area (Å²) in [5, 5.41) is 3.99. The van der Waals surface area contributed by atoms with E-state index < -0.39 is 0 Å². The SMILES string of the molecule is Cc1ncc(CNC(=O)C2CCC(N)C2)s1. The Balaban J connectivity index is 1.80. The maximum Gasteiger partial charge on any atom is 0.223 e. The van der Waals surface area contributed by atoms with E-state index in [4.69, 9.17) is 5.73 Å². The summed E-state index contributed by atoms with van der Waals surface area (Å²) < 4.78 is 0. The van der Waals surface area contributed by atoms with Crippen LogP contribution in [0.4, 0.5) is 0 Å². The van der Waals surface area contributed by atoms with Crippen LogP contribution in [0.5, 0.6) is 0 Å². The lowest BCUT2D eigenvalue weighted by Crippen LogP contribution is -2.29. The molecule has 5 heteroatoms. The van der Waals surface area contributed by atoms with Gasteiger partial charge in [0, 0.05) is 23.0 Å². The summed E-state index contributed by atoms with van der Waals surface area (Å²) >= 11 is 1.62. The first-order valence-electron chi connectivity index (χ1n) is 5.59. The van der Waals surface area contributed by atoms with Crippen molar-refractivity contribution in [3.05, 3.63) is 16.1 Å². The van der Waals surface area contributed by atoms with Gasteiger partial charge in [0.2, 0.25) is 5.91 Å². The van der Waals surface area contributed by atoms with Crippen LogP contribution in [0.25, 0.3) is 0 Å². The molecule has 1 aliphatic rings. The Morgan fingerprint density at radius 2 is 2.50 bits per heavy atom. The highest BCUT2D eigenvalue weighted by atomic mass is 32.1. The molecule has 1 aliphatic carbocycles. The maximum absolute atomic E-state index is 11.8. The van der Waals surface area contributed by atoms with Crippen LogP contribution in [0, 0.1) is 12.8 Å². The molecule has 2 unspecified atom stereocenters. The number of carbonyl (C=O) groups is 1. The Labute approximate surface area is 99.3 Å². The highest BCUT2D eigenvalue weighted by Crippen LogP contribution is 2.24. The molecule has 0 bridgehead atoms.